The highest BCUT2D eigenvalue weighted by atomic mass is 16.1. The van der Waals surface area contributed by atoms with E-state index in [2.05, 4.69) is 80.8 Å². The van der Waals surface area contributed by atoms with Gasteiger partial charge in [0, 0.05) is 30.9 Å². The van der Waals surface area contributed by atoms with Crippen LogP contribution in [0.5, 0.6) is 0 Å². The largest absolute Gasteiger partial charge is 0.353 e. The number of anilines is 2. The van der Waals surface area contributed by atoms with E-state index in [0.717, 1.165) is 39.0 Å². The molecule has 1 unspecified atom stereocenters. The molecule has 29 heavy (non-hydrogen) atoms. The van der Waals surface area contributed by atoms with E-state index < -0.39 is 0 Å². The highest BCUT2D eigenvalue weighted by Crippen LogP contribution is 2.42. The van der Waals surface area contributed by atoms with Crippen molar-refractivity contribution in [3.63, 3.8) is 0 Å². The van der Waals surface area contributed by atoms with Gasteiger partial charge in [0.1, 0.15) is 5.78 Å². The van der Waals surface area contributed by atoms with Gasteiger partial charge in [-0.1, -0.05) is 19.1 Å². The van der Waals surface area contributed by atoms with Crippen molar-refractivity contribution in [3.8, 4) is 0 Å². The van der Waals surface area contributed by atoms with Gasteiger partial charge in [-0.15, -0.1) is 0 Å². The Morgan fingerprint density at radius 1 is 0.828 bits per heavy atom. The highest BCUT2D eigenvalue weighted by Gasteiger charge is 2.47. The molecule has 2 aromatic rings. The van der Waals surface area contributed by atoms with E-state index in [1.807, 2.05) is 0 Å². The lowest BCUT2D eigenvalue weighted by molar-refractivity contribution is -0.132. The number of rotatable bonds is 2. The van der Waals surface area contributed by atoms with Crippen LogP contribution in [-0.2, 0) is 4.79 Å². The van der Waals surface area contributed by atoms with Crippen LogP contribution < -0.4 is 9.80 Å². The molecule has 2 fully saturated rings. The Morgan fingerprint density at radius 2 is 1.34 bits per heavy atom. The third-order valence-corrected chi connectivity index (χ3v) is 7.23. The van der Waals surface area contributed by atoms with Gasteiger partial charge >= 0.3 is 0 Å². The number of ketones is 1. The number of carbonyl (C=O) groups excluding carboxylic acids is 1. The smallest absolute Gasteiger partial charge is 0.142 e. The van der Waals surface area contributed by atoms with Crippen LogP contribution in [0.15, 0.2) is 36.4 Å². The normalized spacial score (nSPS) is 21.7. The summed E-state index contributed by atoms with van der Waals surface area (Å²) < 4.78 is 0. The number of Topliss-reactive ketones (excluding diaryl/α,β-unsaturated/α-hetero) is 1. The van der Waals surface area contributed by atoms with Gasteiger partial charge < -0.3 is 9.80 Å². The van der Waals surface area contributed by atoms with E-state index in [4.69, 9.17) is 0 Å². The molecule has 0 radical (unpaired) electrons. The predicted molar refractivity (Wildman–Crippen MR) is 122 cm³/mol. The van der Waals surface area contributed by atoms with Gasteiger partial charge in [0.15, 0.2) is 0 Å². The van der Waals surface area contributed by atoms with Crippen LogP contribution in [-0.4, -0.2) is 25.5 Å². The molecule has 3 nitrogen and oxygen atoms in total. The van der Waals surface area contributed by atoms with Crippen molar-refractivity contribution >= 4 is 17.2 Å². The Morgan fingerprint density at radius 3 is 1.83 bits per heavy atom. The van der Waals surface area contributed by atoms with E-state index in [9.17, 15) is 4.79 Å². The summed E-state index contributed by atoms with van der Waals surface area (Å²) in [6.07, 6.45) is 2.76. The zero-order valence-corrected chi connectivity index (χ0v) is 18.6. The summed E-state index contributed by atoms with van der Waals surface area (Å²) in [5.74, 6) is 1.06. The Hall–Kier alpha value is -2.29. The van der Waals surface area contributed by atoms with Gasteiger partial charge in [0.2, 0.25) is 0 Å². The second-order valence-corrected chi connectivity index (χ2v) is 9.63. The number of carbonyl (C=O) groups is 1. The van der Waals surface area contributed by atoms with Crippen LogP contribution in [0.25, 0.3) is 0 Å². The standard InChI is InChI=1S/C26H34N2O/c1-18-6-11-25(29)26(14-18)15-27(23-9-7-19(2)21(4)12-23)17-28(16-26)24-10-8-20(3)22(5)13-24/h7-10,12-13,18H,6,11,14-17H2,1-5H3. The molecular formula is C26H34N2O. The lowest BCUT2D eigenvalue weighted by atomic mass is 9.67. The monoisotopic (exact) mass is 390 g/mol. The van der Waals surface area contributed by atoms with Crippen molar-refractivity contribution in [2.24, 2.45) is 11.3 Å². The Kier molecular flexibility index (Phi) is 5.18. The van der Waals surface area contributed by atoms with Gasteiger partial charge in [-0.25, -0.2) is 0 Å². The van der Waals surface area contributed by atoms with E-state index in [0.29, 0.717) is 11.7 Å². The number of aryl methyl sites for hydroxylation is 4. The third kappa shape index (κ3) is 3.80. The SMILES string of the molecule is Cc1ccc(N2CN(c3ccc(C)c(C)c3)CC3(CC(C)CCC3=O)C2)cc1C. The Bertz CT molecular complexity index is 873. The highest BCUT2D eigenvalue weighted by molar-refractivity contribution is 5.87. The van der Waals surface area contributed by atoms with Gasteiger partial charge in [-0.3, -0.25) is 4.79 Å². The molecule has 0 aromatic heterocycles. The molecule has 2 aliphatic rings. The average Bonchev–Trinajstić information content (AvgIpc) is 2.69. The minimum Gasteiger partial charge on any atom is -0.353 e. The molecule has 0 bridgehead atoms. The summed E-state index contributed by atoms with van der Waals surface area (Å²) in [6.45, 7) is 13.5. The number of hydrogen-bond donors (Lipinski definition) is 0. The van der Waals surface area contributed by atoms with E-state index in [1.165, 1.54) is 33.6 Å². The fourth-order valence-corrected chi connectivity index (χ4v) is 5.11. The Labute approximate surface area is 175 Å². The number of benzene rings is 2. The minimum absolute atomic E-state index is 0.270. The summed E-state index contributed by atoms with van der Waals surface area (Å²) in [5, 5.41) is 0. The van der Waals surface area contributed by atoms with E-state index in [-0.39, 0.29) is 5.41 Å². The molecule has 4 rings (SSSR count). The quantitative estimate of drug-likeness (QED) is 0.669. The lowest BCUT2D eigenvalue weighted by Crippen LogP contribution is -2.60. The van der Waals surface area contributed by atoms with E-state index in [1.54, 1.807) is 0 Å². The summed E-state index contributed by atoms with van der Waals surface area (Å²) >= 11 is 0. The first-order valence-corrected chi connectivity index (χ1v) is 11.0. The van der Waals surface area contributed by atoms with Crippen LogP contribution in [0, 0.1) is 39.0 Å². The summed E-state index contributed by atoms with van der Waals surface area (Å²) in [6, 6.07) is 13.4. The first kappa shape index (κ1) is 20.0. The van der Waals surface area contributed by atoms with Crippen molar-refractivity contribution in [2.75, 3.05) is 29.6 Å². The predicted octanol–water partition coefficient (Wildman–Crippen LogP) is 5.58. The second kappa shape index (κ2) is 7.51. The molecule has 1 aliphatic carbocycles. The van der Waals surface area contributed by atoms with Crippen molar-refractivity contribution in [3.05, 3.63) is 58.7 Å². The Balaban J connectivity index is 1.74. The summed E-state index contributed by atoms with van der Waals surface area (Å²) in [7, 11) is 0. The zero-order valence-electron chi connectivity index (χ0n) is 18.6. The van der Waals surface area contributed by atoms with Crippen LogP contribution in [0.2, 0.25) is 0 Å². The summed E-state index contributed by atoms with van der Waals surface area (Å²) in [4.78, 5) is 18.1. The van der Waals surface area contributed by atoms with Crippen molar-refractivity contribution in [1.82, 2.24) is 0 Å². The first-order valence-electron chi connectivity index (χ1n) is 11.0. The summed E-state index contributed by atoms with van der Waals surface area (Å²) in [5.41, 5.74) is 7.43. The van der Waals surface area contributed by atoms with Gasteiger partial charge in [0.05, 0.1) is 12.1 Å². The molecule has 1 aliphatic heterocycles. The molecule has 1 saturated carbocycles. The molecule has 1 saturated heterocycles. The maximum Gasteiger partial charge on any atom is 0.142 e. The molecule has 1 atom stereocenters. The number of hydrogen-bond acceptors (Lipinski definition) is 3. The fourth-order valence-electron chi connectivity index (χ4n) is 5.11. The maximum absolute atomic E-state index is 13.3. The number of nitrogens with zero attached hydrogens (tertiary/aromatic N) is 2. The van der Waals surface area contributed by atoms with Gasteiger partial charge in [-0.2, -0.15) is 0 Å². The topological polar surface area (TPSA) is 23.6 Å². The van der Waals surface area contributed by atoms with Crippen LogP contribution in [0.3, 0.4) is 0 Å². The van der Waals surface area contributed by atoms with Crippen LogP contribution in [0.1, 0.15) is 48.4 Å². The van der Waals surface area contributed by atoms with Crippen molar-refractivity contribution in [2.45, 2.75) is 53.9 Å². The van der Waals surface area contributed by atoms with Crippen LogP contribution >= 0.6 is 0 Å². The molecular weight excluding hydrogens is 356 g/mol. The molecule has 1 heterocycles. The molecule has 0 N–H and O–H groups in total. The molecule has 0 amide bonds. The minimum atomic E-state index is -0.270. The molecule has 2 aromatic carbocycles. The first-order chi connectivity index (χ1) is 13.8. The molecule has 1 spiro atoms. The van der Waals surface area contributed by atoms with Gasteiger partial charge in [-0.05, 0) is 93.0 Å². The zero-order chi connectivity index (χ0) is 20.8. The van der Waals surface area contributed by atoms with Gasteiger partial charge in [0.25, 0.3) is 0 Å². The lowest BCUT2D eigenvalue weighted by Gasteiger charge is -2.51. The second-order valence-electron chi connectivity index (χ2n) is 9.63. The van der Waals surface area contributed by atoms with E-state index >= 15 is 0 Å². The van der Waals surface area contributed by atoms with Crippen molar-refractivity contribution in [1.29, 1.82) is 0 Å². The fraction of sp³-hybridized carbons (Fsp3) is 0.500. The maximum atomic E-state index is 13.3. The average molecular weight is 391 g/mol. The van der Waals surface area contributed by atoms with Crippen molar-refractivity contribution < 1.29 is 4.79 Å². The van der Waals surface area contributed by atoms with Crippen LogP contribution in [0.4, 0.5) is 11.4 Å². The third-order valence-electron chi connectivity index (χ3n) is 7.23. The molecule has 3 heteroatoms. The molecule has 154 valence electrons.